The van der Waals surface area contributed by atoms with E-state index >= 15 is 0 Å². The maximum absolute atomic E-state index is 10.5. The first kappa shape index (κ1) is 10.5. The van der Waals surface area contributed by atoms with E-state index in [1.807, 2.05) is 0 Å². The third kappa shape index (κ3) is 3.91. The Hall–Kier alpha value is 0.450. The molecule has 0 aromatic carbocycles. The Morgan fingerprint density at radius 2 is 2.50 bits per heavy atom. The van der Waals surface area contributed by atoms with E-state index in [2.05, 4.69) is 16.3 Å². The van der Waals surface area contributed by atoms with Gasteiger partial charge in [-0.05, 0) is 6.92 Å². The van der Waals surface area contributed by atoms with Crippen molar-refractivity contribution in [1.29, 1.82) is 0 Å². The van der Waals surface area contributed by atoms with Crippen LogP contribution in [0.1, 0.15) is 6.92 Å². The Morgan fingerprint density at radius 1 is 1.83 bits per heavy atom. The van der Waals surface area contributed by atoms with E-state index in [9.17, 15) is 4.89 Å². The molecule has 1 aliphatic heterocycles. The van der Waals surface area contributed by atoms with Crippen molar-refractivity contribution >= 4 is 18.5 Å². The van der Waals surface area contributed by atoms with Gasteiger partial charge in [-0.25, -0.2) is 0 Å². The van der Waals surface area contributed by atoms with Gasteiger partial charge in [-0.15, -0.1) is 0 Å². The molecule has 3 unspecified atom stereocenters. The van der Waals surface area contributed by atoms with Crippen molar-refractivity contribution in [3.05, 3.63) is 0 Å². The third-order valence-electron chi connectivity index (χ3n) is 1.32. The standard InChI is InChI=1S/C5H11O5PS/c1-4-8-2-5(10-4)3-9-11(6,7)12/h4-5H,2-3H2,1H3,(H2,6,7,12)/p-1. The van der Waals surface area contributed by atoms with Crippen LogP contribution in [0.15, 0.2) is 0 Å². The highest BCUT2D eigenvalue weighted by Gasteiger charge is 2.22. The molecule has 0 saturated carbocycles. The zero-order valence-corrected chi connectivity index (χ0v) is 8.22. The molecule has 0 radical (unpaired) electrons. The maximum Gasteiger partial charge on any atom is 0.155 e. The van der Waals surface area contributed by atoms with Crippen molar-refractivity contribution in [2.45, 2.75) is 19.3 Å². The molecule has 5 nitrogen and oxygen atoms in total. The van der Waals surface area contributed by atoms with E-state index in [4.69, 9.17) is 14.4 Å². The first-order chi connectivity index (χ1) is 5.47. The summed E-state index contributed by atoms with van der Waals surface area (Å²) in [7, 11) is 0. The smallest absolute Gasteiger partial charge is 0.155 e. The lowest BCUT2D eigenvalue weighted by Gasteiger charge is -2.21. The van der Waals surface area contributed by atoms with Gasteiger partial charge in [-0.1, -0.05) is 11.8 Å². The van der Waals surface area contributed by atoms with E-state index in [-0.39, 0.29) is 19.0 Å². The van der Waals surface area contributed by atoms with Crippen LogP contribution in [-0.2, 0) is 25.8 Å². The number of hydrogen-bond acceptors (Lipinski definition) is 5. The minimum Gasteiger partial charge on any atom is -0.780 e. The molecule has 0 amide bonds. The quantitative estimate of drug-likeness (QED) is 0.627. The van der Waals surface area contributed by atoms with Crippen molar-refractivity contribution in [3.8, 4) is 0 Å². The highest BCUT2D eigenvalue weighted by Crippen LogP contribution is 2.31. The molecule has 1 rings (SSSR count). The van der Waals surface area contributed by atoms with Gasteiger partial charge in [0.1, 0.15) is 12.8 Å². The molecular formula is C5H10O5PS-. The molecule has 1 heterocycles. The van der Waals surface area contributed by atoms with Crippen LogP contribution in [0.5, 0.6) is 0 Å². The van der Waals surface area contributed by atoms with E-state index in [1.54, 1.807) is 6.92 Å². The molecule has 1 saturated heterocycles. The summed E-state index contributed by atoms with van der Waals surface area (Å²) >= 11 is 4.14. The predicted molar refractivity (Wildman–Crippen MR) is 42.7 cm³/mol. The third-order valence-corrected chi connectivity index (χ3v) is 2.12. The molecule has 0 bridgehead atoms. The summed E-state index contributed by atoms with van der Waals surface area (Å²) in [6, 6.07) is 0. The molecule has 0 aliphatic carbocycles. The normalized spacial score (nSPS) is 34.9. The van der Waals surface area contributed by atoms with Crippen LogP contribution < -0.4 is 4.89 Å². The molecule has 3 atom stereocenters. The van der Waals surface area contributed by atoms with Crippen molar-refractivity contribution in [2.24, 2.45) is 0 Å². The second kappa shape index (κ2) is 4.11. The Labute approximate surface area is 75.5 Å². The van der Waals surface area contributed by atoms with Crippen LogP contribution in [-0.4, -0.2) is 30.5 Å². The highest BCUT2D eigenvalue weighted by molar-refractivity contribution is 8.06. The summed E-state index contributed by atoms with van der Waals surface area (Å²) in [5.41, 5.74) is 0. The van der Waals surface area contributed by atoms with Gasteiger partial charge >= 0.3 is 0 Å². The van der Waals surface area contributed by atoms with E-state index in [0.717, 1.165) is 0 Å². The van der Waals surface area contributed by atoms with Gasteiger partial charge in [0.25, 0.3) is 0 Å². The predicted octanol–water partition coefficient (Wildman–Crippen LogP) is -0.659. The van der Waals surface area contributed by atoms with Crippen molar-refractivity contribution in [3.63, 3.8) is 0 Å². The molecular weight excluding hydrogens is 203 g/mol. The summed E-state index contributed by atoms with van der Waals surface area (Å²) in [5, 5.41) is 0. The lowest BCUT2D eigenvalue weighted by atomic mass is 10.4. The molecule has 1 aliphatic rings. The summed E-state index contributed by atoms with van der Waals surface area (Å²) < 4.78 is 14.6. The average molecular weight is 213 g/mol. The maximum atomic E-state index is 10.5. The van der Waals surface area contributed by atoms with Crippen LogP contribution in [0, 0.1) is 0 Å². The van der Waals surface area contributed by atoms with Crippen LogP contribution >= 0.6 is 6.72 Å². The number of hydrogen-bond donors (Lipinski definition) is 1. The molecule has 1 N–H and O–H groups in total. The first-order valence-electron chi connectivity index (χ1n) is 3.43. The highest BCUT2D eigenvalue weighted by atomic mass is 32.5. The Bertz CT molecular complexity index is 192. The van der Waals surface area contributed by atoms with Gasteiger partial charge in [0.05, 0.1) is 13.2 Å². The van der Waals surface area contributed by atoms with Crippen molar-refractivity contribution in [2.75, 3.05) is 13.2 Å². The number of rotatable bonds is 3. The van der Waals surface area contributed by atoms with Gasteiger partial charge in [-0.3, -0.25) is 0 Å². The largest absolute Gasteiger partial charge is 0.780 e. The monoisotopic (exact) mass is 213 g/mol. The lowest BCUT2D eigenvalue weighted by molar-refractivity contribution is -0.203. The summed E-state index contributed by atoms with van der Waals surface area (Å²) in [6.07, 6.45) is -0.565. The molecule has 7 heteroatoms. The molecule has 0 spiro atoms. The molecule has 0 aromatic heterocycles. The van der Waals surface area contributed by atoms with Gasteiger partial charge < -0.3 is 23.8 Å². The van der Waals surface area contributed by atoms with E-state index in [1.165, 1.54) is 0 Å². The van der Waals surface area contributed by atoms with Crippen molar-refractivity contribution in [1.82, 2.24) is 0 Å². The minimum absolute atomic E-state index is 0.00160. The Morgan fingerprint density at radius 3 is 2.92 bits per heavy atom. The summed E-state index contributed by atoms with van der Waals surface area (Å²) in [6.45, 7) is -1.67. The lowest BCUT2D eigenvalue weighted by Crippen LogP contribution is -2.19. The second-order valence-electron chi connectivity index (χ2n) is 2.42. The second-order valence-corrected chi connectivity index (χ2v) is 5.00. The Kier molecular flexibility index (Phi) is 3.60. The van der Waals surface area contributed by atoms with Crippen molar-refractivity contribution < 1.29 is 23.8 Å². The fourth-order valence-electron chi connectivity index (χ4n) is 0.857. The van der Waals surface area contributed by atoms with Gasteiger partial charge in [0.15, 0.2) is 6.29 Å². The van der Waals surface area contributed by atoms with Crippen LogP contribution in [0.25, 0.3) is 0 Å². The molecule has 1 fully saturated rings. The fraction of sp³-hybridized carbons (Fsp3) is 1.00. The van der Waals surface area contributed by atoms with Gasteiger partial charge in [-0.2, -0.15) is 0 Å². The zero-order chi connectivity index (χ0) is 9.19. The molecule has 0 aromatic rings. The zero-order valence-electron chi connectivity index (χ0n) is 6.50. The first-order valence-corrected chi connectivity index (χ1v) is 6.02. The molecule has 12 heavy (non-hydrogen) atoms. The van der Waals surface area contributed by atoms with Gasteiger partial charge in [0, 0.05) is 0 Å². The van der Waals surface area contributed by atoms with Crippen LogP contribution in [0.3, 0.4) is 0 Å². The molecule has 72 valence electrons. The number of ether oxygens (including phenoxy) is 2. The Balaban J connectivity index is 2.21. The minimum atomic E-state index is -3.79. The van der Waals surface area contributed by atoms with Crippen LogP contribution in [0.4, 0.5) is 0 Å². The van der Waals surface area contributed by atoms with E-state index in [0.29, 0.717) is 6.61 Å². The summed E-state index contributed by atoms with van der Waals surface area (Å²) in [4.78, 5) is 19.1. The van der Waals surface area contributed by atoms with E-state index < -0.39 is 6.72 Å². The van der Waals surface area contributed by atoms with Gasteiger partial charge in [0.2, 0.25) is 0 Å². The summed E-state index contributed by atoms with van der Waals surface area (Å²) in [5.74, 6) is 0. The average Bonchev–Trinajstić information content (AvgIpc) is 2.30. The SMILES string of the molecule is CC1OCC(COP([O-])(O)=S)O1. The fourth-order valence-corrected chi connectivity index (χ4v) is 1.39. The topological polar surface area (TPSA) is 71.0 Å². The van der Waals surface area contributed by atoms with Crippen LogP contribution in [0.2, 0.25) is 0 Å².